The third-order valence-electron chi connectivity index (χ3n) is 4.93. The molecule has 1 aliphatic heterocycles. The number of benzene rings is 2. The number of sulfone groups is 1. The SMILES string of the molecule is CS(=O)(=O)c1ccc(COc2coc(CN3Cc4ccc(Cl)cc4C3)cc2=O)cc1. The van der Waals surface area contributed by atoms with Crippen LogP contribution in [0.15, 0.2) is 68.9 Å². The fourth-order valence-corrected chi connectivity index (χ4v) is 4.21. The number of rotatable bonds is 6. The van der Waals surface area contributed by atoms with E-state index in [2.05, 4.69) is 4.90 Å². The number of hydrogen-bond donors (Lipinski definition) is 0. The summed E-state index contributed by atoms with van der Waals surface area (Å²) in [4.78, 5) is 14.8. The standard InChI is InChI=1S/C22H20ClNO5S/c1-30(26,27)20-6-2-15(3-7-20)13-29-22-14-28-19(9-21(22)25)12-24-10-16-4-5-18(23)8-17(16)11-24/h2-9,14H,10-13H2,1H3. The van der Waals surface area contributed by atoms with Crippen LogP contribution in [0.3, 0.4) is 0 Å². The smallest absolute Gasteiger partial charge is 0.227 e. The van der Waals surface area contributed by atoms with E-state index in [1.165, 1.54) is 35.6 Å². The molecule has 0 spiro atoms. The lowest BCUT2D eigenvalue weighted by atomic mass is 10.1. The third-order valence-corrected chi connectivity index (χ3v) is 6.30. The fraction of sp³-hybridized carbons (Fsp3) is 0.227. The second kappa shape index (κ2) is 8.26. The molecule has 4 rings (SSSR count). The van der Waals surface area contributed by atoms with Crippen LogP contribution in [-0.4, -0.2) is 19.6 Å². The summed E-state index contributed by atoms with van der Waals surface area (Å²) in [5.41, 5.74) is 2.90. The van der Waals surface area contributed by atoms with Crippen LogP contribution in [0.1, 0.15) is 22.5 Å². The Morgan fingerprint density at radius 2 is 1.80 bits per heavy atom. The molecule has 0 fully saturated rings. The lowest BCUT2D eigenvalue weighted by Gasteiger charge is -2.14. The molecule has 3 aromatic rings. The van der Waals surface area contributed by atoms with E-state index < -0.39 is 9.84 Å². The molecule has 0 N–H and O–H groups in total. The van der Waals surface area contributed by atoms with Gasteiger partial charge in [-0.15, -0.1) is 0 Å². The molecule has 30 heavy (non-hydrogen) atoms. The van der Waals surface area contributed by atoms with Crippen molar-refractivity contribution in [3.8, 4) is 5.75 Å². The van der Waals surface area contributed by atoms with Crippen LogP contribution >= 0.6 is 11.6 Å². The summed E-state index contributed by atoms with van der Waals surface area (Å²) in [5, 5.41) is 0.717. The van der Waals surface area contributed by atoms with Gasteiger partial charge in [0.1, 0.15) is 18.6 Å². The van der Waals surface area contributed by atoms with E-state index in [0.717, 1.165) is 29.9 Å². The summed E-state index contributed by atoms with van der Waals surface area (Å²) in [6.07, 6.45) is 2.48. The minimum absolute atomic E-state index is 0.113. The number of halogens is 1. The van der Waals surface area contributed by atoms with Crippen molar-refractivity contribution in [1.82, 2.24) is 4.90 Å². The van der Waals surface area contributed by atoms with Crippen molar-refractivity contribution in [2.75, 3.05) is 6.26 Å². The summed E-state index contributed by atoms with van der Waals surface area (Å²) in [6, 6.07) is 13.7. The molecule has 0 atom stereocenters. The van der Waals surface area contributed by atoms with Gasteiger partial charge in [0.15, 0.2) is 9.84 Å². The fourth-order valence-electron chi connectivity index (χ4n) is 3.39. The molecule has 0 saturated carbocycles. The lowest BCUT2D eigenvalue weighted by molar-refractivity contribution is 0.241. The minimum atomic E-state index is -3.24. The molecule has 0 amide bonds. The largest absolute Gasteiger partial charge is 0.482 e. The van der Waals surface area contributed by atoms with Crippen LogP contribution in [0, 0.1) is 0 Å². The van der Waals surface area contributed by atoms with Gasteiger partial charge in [-0.1, -0.05) is 29.8 Å². The van der Waals surface area contributed by atoms with Crippen LogP contribution in [0.2, 0.25) is 5.02 Å². The maximum atomic E-state index is 12.4. The Morgan fingerprint density at radius 3 is 2.50 bits per heavy atom. The topological polar surface area (TPSA) is 76.8 Å². The number of ether oxygens (including phenoxy) is 1. The number of fused-ring (bicyclic) bond motifs is 1. The Balaban J connectivity index is 1.37. The zero-order chi connectivity index (χ0) is 21.3. The lowest BCUT2D eigenvalue weighted by Crippen LogP contribution is -2.17. The first kappa shape index (κ1) is 20.7. The average molecular weight is 446 g/mol. The van der Waals surface area contributed by atoms with Gasteiger partial charge < -0.3 is 9.15 Å². The van der Waals surface area contributed by atoms with E-state index in [1.807, 2.05) is 18.2 Å². The Kier molecular flexibility index (Phi) is 5.69. The van der Waals surface area contributed by atoms with Crippen molar-refractivity contribution in [3.05, 3.63) is 92.5 Å². The first-order valence-corrected chi connectivity index (χ1v) is 11.6. The van der Waals surface area contributed by atoms with Gasteiger partial charge >= 0.3 is 0 Å². The van der Waals surface area contributed by atoms with Crippen LogP contribution in [-0.2, 0) is 36.1 Å². The Hall–Kier alpha value is -2.61. The molecule has 1 aromatic heterocycles. The van der Waals surface area contributed by atoms with Crippen LogP contribution < -0.4 is 10.2 Å². The van der Waals surface area contributed by atoms with E-state index in [1.54, 1.807) is 12.1 Å². The highest BCUT2D eigenvalue weighted by atomic mass is 35.5. The van der Waals surface area contributed by atoms with Gasteiger partial charge in [0.05, 0.1) is 11.4 Å². The highest BCUT2D eigenvalue weighted by Gasteiger charge is 2.20. The van der Waals surface area contributed by atoms with E-state index in [9.17, 15) is 13.2 Å². The first-order chi connectivity index (χ1) is 14.3. The van der Waals surface area contributed by atoms with Gasteiger partial charge in [0.25, 0.3) is 0 Å². The Bertz CT molecular complexity index is 1240. The van der Waals surface area contributed by atoms with E-state index >= 15 is 0 Å². The molecular formula is C22H20ClNO5S. The highest BCUT2D eigenvalue weighted by molar-refractivity contribution is 7.90. The predicted molar refractivity (Wildman–Crippen MR) is 113 cm³/mol. The molecule has 2 heterocycles. The maximum Gasteiger partial charge on any atom is 0.227 e. The molecule has 0 radical (unpaired) electrons. The molecule has 1 aliphatic rings. The van der Waals surface area contributed by atoms with Gasteiger partial charge in [-0.2, -0.15) is 0 Å². The van der Waals surface area contributed by atoms with Gasteiger partial charge in [0.2, 0.25) is 11.2 Å². The van der Waals surface area contributed by atoms with Crippen molar-refractivity contribution >= 4 is 21.4 Å². The Morgan fingerprint density at radius 1 is 1.07 bits per heavy atom. The summed E-state index contributed by atoms with van der Waals surface area (Å²) in [6.45, 7) is 2.17. The quantitative estimate of drug-likeness (QED) is 0.574. The normalized spacial score (nSPS) is 13.9. The van der Waals surface area contributed by atoms with Crippen molar-refractivity contribution in [2.24, 2.45) is 0 Å². The van der Waals surface area contributed by atoms with Crippen LogP contribution in [0.4, 0.5) is 0 Å². The van der Waals surface area contributed by atoms with Crippen molar-refractivity contribution in [1.29, 1.82) is 0 Å². The average Bonchev–Trinajstić information content (AvgIpc) is 3.08. The molecule has 0 aliphatic carbocycles. The summed E-state index contributed by atoms with van der Waals surface area (Å²) < 4.78 is 34.2. The van der Waals surface area contributed by atoms with E-state index in [-0.39, 0.29) is 22.7 Å². The zero-order valence-electron chi connectivity index (χ0n) is 16.3. The second-order valence-electron chi connectivity index (χ2n) is 7.34. The maximum absolute atomic E-state index is 12.4. The zero-order valence-corrected chi connectivity index (χ0v) is 17.9. The van der Waals surface area contributed by atoms with Crippen LogP contribution in [0.5, 0.6) is 5.75 Å². The molecule has 156 valence electrons. The summed E-state index contributed by atoms with van der Waals surface area (Å²) in [7, 11) is -3.24. The Labute approximate surface area is 179 Å². The first-order valence-electron chi connectivity index (χ1n) is 9.31. The summed E-state index contributed by atoms with van der Waals surface area (Å²) >= 11 is 6.05. The van der Waals surface area contributed by atoms with Crippen LogP contribution in [0.25, 0.3) is 0 Å². The predicted octanol–water partition coefficient (Wildman–Crippen LogP) is 3.79. The molecule has 0 unspecified atom stereocenters. The molecule has 2 aromatic carbocycles. The van der Waals surface area contributed by atoms with Crippen molar-refractivity contribution in [2.45, 2.75) is 31.1 Å². The van der Waals surface area contributed by atoms with Gasteiger partial charge in [-0.25, -0.2) is 8.42 Å². The van der Waals surface area contributed by atoms with Gasteiger partial charge in [-0.05, 0) is 41.0 Å². The van der Waals surface area contributed by atoms with E-state index in [0.29, 0.717) is 12.3 Å². The molecular weight excluding hydrogens is 426 g/mol. The number of nitrogens with zero attached hydrogens (tertiary/aromatic N) is 1. The molecule has 8 heteroatoms. The van der Waals surface area contributed by atoms with Crippen molar-refractivity contribution < 1.29 is 17.6 Å². The molecule has 0 bridgehead atoms. The third kappa shape index (κ3) is 4.75. The minimum Gasteiger partial charge on any atom is -0.482 e. The van der Waals surface area contributed by atoms with Crippen molar-refractivity contribution in [3.63, 3.8) is 0 Å². The van der Waals surface area contributed by atoms with E-state index in [4.69, 9.17) is 20.8 Å². The molecule has 6 nitrogen and oxygen atoms in total. The highest BCUT2D eigenvalue weighted by Crippen LogP contribution is 2.27. The van der Waals surface area contributed by atoms with Gasteiger partial charge in [-0.3, -0.25) is 9.69 Å². The summed E-state index contributed by atoms with van der Waals surface area (Å²) in [5.74, 6) is 0.672. The monoisotopic (exact) mass is 445 g/mol. The molecule has 0 saturated heterocycles. The second-order valence-corrected chi connectivity index (χ2v) is 9.79. The van der Waals surface area contributed by atoms with Gasteiger partial charge in [0, 0.05) is 30.4 Å². The number of hydrogen-bond acceptors (Lipinski definition) is 6.